The van der Waals surface area contributed by atoms with Crippen molar-refractivity contribution in [1.29, 1.82) is 0 Å². The Kier molecular flexibility index (Phi) is 0.273. The van der Waals surface area contributed by atoms with Gasteiger partial charge in [-0.2, -0.15) is 0 Å². The molecule has 0 nitrogen and oxygen atoms in total. The predicted octanol–water partition coefficient (Wildman–Crippen LogP) is 4.67. The molecule has 17 heavy (non-hydrogen) atoms. The molecule has 0 aromatic heterocycles. The molecule has 10 heterocycles. The maximum absolute atomic E-state index is 3.24. The summed E-state index contributed by atoms with van der Waals surface area (Å²) in [5, 5.41) is 0. The molecule has 0 N–H and O–H groups in total. The minimum absolute atomic E-state index is 0.428. The van der Waals surface area contributed by atoms with Crippen molar-refractivity contribution in [3.63, 3.8) is 0 Å². The van der Waals surface area contributed by atoms with Gasteiger partial charge in [-0.25, -0.2) is 0 Å². The van der Waals surface area contributed by atoms with Crippen molar-refractivity contribution in [2.45, 2.75) is 40.7 Å². The summed E-state index contributed by atoms with van der Waals surface area (Å²) < 4.78 is 14.9. The molecule has 0 bridgehead atoms. The molecule has 10 aliphatic heterocycles. The van der Waals surface area contributed by atoms with Crippen LogP contribution in [0.25, 0.3) is 0 Å². The first-order chi connectivity index (χ1) is 7.82. The SMILES string of the molecule is CP(C)[C]12[CH]3[CH]4[CH]5[C]1(P(C)C)[Ti]43521678[CH]2[CH]1[CH]6[CH]7[CH]28. The van der Waals surface area contributed by atoms with Crippen molar-refractivity contribution < 1.29 is 8.89 Å². The van der Waals surface area contributed by atoms with Crippen LogP contribution in [0.4, 0.5) is 0 Å². The van der Waals surface area contributed by atoms with Gasteiger partial charge in [0, 0.05) is 0 Å². The van der Waals surface area contributed by atoms with Gasteiger partial charge in [0.2, 0.25) is 0 Å². The van der Waals surface area contributed by atoms with Crippen LogP contribution in [0.3, 0.4) is 0 Å². The molecule has 4 atom stereocenters. The Balaban J connectivity index is 1.75. The van der Waals surface area contributed by atoms with Crippen LogP contribution in [0.5, 0.6) is 0 Å². The van der Waals surface area contributed by atoms with Gasteiger partial charge >= 0.3 is 92.1 Å². The second-order valence-corrected chi connectivity index (χ2v) is 53.7. The quantitative estimate of drug-likeness (QED) is 0.513. The van der Waals surface area contributed by atoms with E-state index in [2.05, 4.69) is 26.7 Å². The zero-order valence-corrected chi connectivity index (χ0v) is 14.4. The van der Waals surface area contributed by atoms with E-state index in [1.54, 1.807) is 33.8 Å². The van der Waals surface area contributed by atoms with Gasteiger partial charge in [-0.3, -0.25) is 0 Å². The van der Waals surface area contributed by atoms with Crippen LogP contribution in [-0.4, -0.2) is 33.6 Å². The molecule has 0 aromatic carbocycles. The summed E-state index contributed by atoms with van der Waals surface area (Å²) >= 11 is 0. The fraction of sp³-hybridized carbons (Fsp3) is 1.00. The van der Waals surface area contributed by atoms with Crippen molar-refractivity contribution >= 4 is 15.8 Å². The second kappa shape index (κ2) is 0.615. The Morgan fingerprint density at radius 2 is 1.00 bits per heavy atom. The van der Waals surface area contributed by atoms with Gasteiger partial charge in [-0.05, 0) is 0 Å². The van der Waals surface area contributed by atoms with Crippen LogP contribution in [0.2, 0.25) is 33.8 Å². The van der Waals surface area contributed by atoms with Gasteiger partial charge in [0.1, 0.15) is 0 Å². The van der Waals surface area contributed by atoms with Crippen molar-refractivity contribution in [2.75, 3.05) is 26.7 Å². The van der Waals surface area contributed by atoms with E-state index >= 15 is 0 Å². The molecule has 10 aliphatic rings. The maximum atomic E-state index is 2.74. The molecule has 10 fully saturated rings. The summed E-state index contributed by atoms with van der Waals surface area (Å²) in [4.78, 5) is 0. The molecule has 0 aliphatic carbocycles. The molecular weight excluding hydrogens is 278 g/mol. The molecule has 0 saturated carbocycles. The Hall–Kier alpha value is 1.57. The zero-order chi connectivity index (χ0) is 11.1. The molecule has 10 saturated heterocycles. The number of rotatable bonds is 2. The Bertz CT molecular complexity index is 908. The molecular formula is C14H20P2Ti. The van der Waals surface area contributed by atoms with Gasteiger partial charge in [-0.15, -0.1) is 0 Å². The van der Waals surface area contributed by atoms with Crippen LogP contribution >= 0.6 is 15.8 Å². The van der Waals surface area contributed by atoms with E-state index in [4.69, 9.17) is 0 Å². The first-order valence-corrected chi connectivity index (χ1v) is 21.5. The fourth-order valence-electron chi connectivity index (χ4n) is 27.2. The van der Waals surface area contributed by atoms with E-state index in [0.29, 0.717) is 15.8 Å². The van der Waals surface area contributed by atoms with E-state index in [1.807, 2.05) is 0 Å². The van der Waals surface area contributed by atoms with Crippen molar-refractivity contribution in [1.82, 2.24) is 0 Å². The van der Waals surface area contributed by atoms with Gasteiger partial charge in [0.05, 0.1) is 0 Å². The van der Waals surface area contributed by atoms with E-state index in [0.717, 1.165) is 0 Å². The molecule has 0 amide bonds. The summed E-state index contributed by atoms with van der Waals surface area (Å²) in [5.41, 5.74) is 0. The van der Waals surface area contributed by atoms with E-state index < -0.39 is 8.89 Å². The first-order valence-electron chi connectivity index (χ1n) is 8.21. The van der Waals surface area contributed by atoms with E-state index in [-0.39, 0.29) is 0 Å². The summed E-state index contributed by atoms with van der Waals surface area (Å²) in [6.45, 7) is 11.0. The monoisotopic (exact) mass is 298 g/mol. The number of hydrogen-bond donors (Lipinski definition) is 0. The van der Waals surface area contributed by atoms with Gasteiger partial charge in [-0.1, -0.05) is 0 Å². The van der Waals surface area contributed by atoms with Crippen LogP contribution < -0.4 is 0 Å². The average Bonchev–Trinajstić information content (AvgIpc) is 3.22. The number of hydrogen-bond acceptors (Lipinski definition) is 0. The van der Waals surface area contributed by atoms with E-state index in [1.165, 1.54) is 6.92 Å². The van der Waals surface area contributed by atoms with Gasteiger partial charge in [0.15, 0.2) is 0 Å². The summed E-state index contributed by atoms with van der Waals surface area (Å²) in [6, 6.07) is 0. The van der Waals surface area contributed by atoms with Crippen LogP contribution in [0.15, 0.2) is 0 Å². The Morgan fingerprint density at radius 1 is 0.647 bits per heavy atom. The molecule has 1 spiro atoms. The molecule has 3 heteroatoms. The van der Waals surface area contributed by atoms with Crippen LogP contribution in [0.1, 0.15) is 0 Å². The fourth-order valence-corrected chi connectivity index (χ4v) is 201. The van der Waals surface area contributed by atoms with Crippen molar-refractivity contribution in [2.24, 2.45) is 0 Å². The Labute approximate surface area is 91.7 Å². The molecule has 10 rings (SSSR count). The topological polar surface area (TPSA) is 0 Å². The second-order valence-electron chi connectivity index (χ2n) is 14.5. The predicted molar refractivity (Wildman–Crippen MR) is 73.0 cm³/mol. The molecule has 0 radical (unpaired) electrons. The summed E-state index contributed by atoms with van der Waals surface area (Å²) in [7, 11) is -2.38. The molecule has 0 aromatic rings. The third-order valence-electron chi connectivity index (χ3n) is 21.7. The average molecular weight is 298 g/mol. The molecule has 4 unspecified atom stereocenters. The first kappa shape index (κ1) is 7.54. The van der Waals surface area contributed by atoms with Crippen LogP contribution in [0, 0.1) is 0 Å². The summed E-state index contributed by atoms with van der Waals surface area (Å²) in [6.07, 6.45) is 0. The van der Waals surface area contributed by atoms with Gasteiger partial charge in [0.25, 0.3) is 0 Å². The zero-order valence-electron chi connectivity index (χ0n) is 11.0. The normalized spacial score (nSPS) is 124. The third kappa shape index (κ3) is 0.0737. The standard InChI is InChI=1S/C9H15P2.C5H5.Ti/c1-10(2)8-6-5-7-9(8)11(3)4;1-2-4-5-3-1;/h5-7H,1-4H3;1-5H;. The van der Waals surface area contributed by atoms with Crippen molar-refractivity contribution in [3.8, 4) is 0 Å². The van der Waals surface area contributed by atoms with Gasteiger partial charge < -0.3 is 0 Å². The summed E-state index contributed by atoms with van der Waals surface area (Å²) in [5.74, 6) is 0. The third-order valence-corrected chi connectivity index (χ3v) is 100. The minimum atomic E-state index is -3.24. The number of fused-ring (bicyclic) bond motifs is 10. The van der Waals surface area contributed by atoms with Crippen LogP contribution in [-0.2, 0) is 8.89 Å². The molecule has 90 valence electrons. The van der Waals surface area contributed by atoms with E-state index in [9.17, 15) is 0 Å². The Morgan fingerprint density at radius 3 is 1.12 bits per heavy atom. The van der Waals surface area contributed by atoms with Crippen molar-refractivity contribution in [3.05, 3.63) is 0 Å².